The number of hydrazine groups is 1. The van der Waals surface area contributed by atoms with Gasteiger partial charge in [0.25, 0.3) is 0 Å². The Morgan fingerprint density at radius 3 is 2.07 bits per heavy atom. The molecule has 0 saturated carbocycles. The summed E-state index contributed by atoms with van der Waals surface area (Å²) in [4.78, 5) is 43.9. The Hall–Kier alpha value is -4.28. The normalized spacial score (nSPS) is 11.6. The average Bonchev–Trinajstić information content (AvgIpc) is 3.26. The van der Waals surface area contributed by atoms with Gasteiger partial charge in [-0.05, 0) is 95.1 Å². The van der Waals surface area contributed by atoms with Gasteiger partial charge in [-0.15, -0.1) is 0 Å². The Labute approximate surface area is 265 Å². The molecule has 0 saturated heterocycles. The number of benzene rings is 2. The summed E-state index contributed by atoms with van der Waals surface area (Å²) in [5, 5.41) is 1.94. The highest BCUT2D eigenvalue weighted by atomic mass is 35.5. The summed E-state index contributed by atoms with van der Waals surface area (Å²) < 4.78 is 18.2. The van der Waals surface area contributed by atoms with Gasteiger partial charge in [0.05, 0.1) is 11.0 Å². The third-order valence-corrected chi connectivity index (χ3v) is 6.32. The smallest absolute Gasteiger partial charge is 0.435 e. The number of pyridine rings is 1. The van der Waals surface area contributed by atoms with Crippen LogP contribution in [0.4, 0.5) is 15.4 Å². The first kappa shape index (κ1) is 32.6. The van der Waals surface area contributed by atoms with Crippen LogP contribution in [0.5, 0.6) is 0 Å². The van der Waals surface area contributed by atoms with Crippen LogP contribution >= 0.6 is 23.2 Å². The number of ether oxygens (including phenoxy) is 3. The van der Waals surface area contributed by atoms with Crippen molar-refractivity contribution < 1.29 is 28.6 Å². The quantitative estimate of drug-likeness (QED) is 0.129. The van der Waals surface area contributed by atoms with Gasteiger partial charge in [0.1, 0.15) is 23.5 Å². The van der Waals surface area contributed by atoms with Crippen LogP contribution in [-0.4, -0.2) is 38.9 Å². The molecule has 0 bridgehead atoms. The minimum atomic E-state index is -0.880. The lowest BCUT2D eigenvalue weighted by Gasteiger charge is -2.28. The number of rotatable bonds is 6. The van der Waals surface area contributed by atoms with Crippen LogP contribution in [-0.2, 0) is 27.4 Å². The maximum absolute atomic E-state index is 13.4. The third kappa shape index (κ3) is 8.87. The molecule has 2 amide bonds. The van der Waals surface area contributed by atoms with Crippen LogP contribution in [0.15, 0.2) is 66.7 Å². The fourth-order valence-electron chi connectivity index (χ4n) is 4.16. The Bertz CT molecular complexity index is 1690. The number of esters is 1. The van der Waals surface area contributed by atoms with Gasteiger partial charge >= 0.3 is 18.2 Å². The van der Waals surface area contributed by atoms with E-state index in [0.717, 1.165) is 16.1 Å². The molecule has 232 valence electrons. The van der Waals surface area contributed by atoms with E-state index in [2.05, 4.69) is 10.4 Å². The summed E-state index contributed by atoms with van der Waals surface area (Å²) in [5.41, 5.74) is 3.45. The number of halogens is 2. The molecule has 2 aromatic carbocycles. The second-order valence-electron chi connectivity index (χ2n) is 12.0. The van der Waals surface area contributed by atoms with E-state index in [0.29, 0.717) is 21.1 Å². The molecular weight excluding hydrogens is 607 g/mol. The van der Waals surface area contributed by atoms with Crippen molar-refractivity contribution in [2.24, 2.45) is 0 Å². The lowest BCUT2D eigenvalue weighted by atomic mass is 10.2. The summed E-state index contributed by atoms with van der Waals surface area (Å²) in [5.74, 6) is -0.557. The topological polar surface area (TPSA) is 112 Å². The minimum Gasteiger partial charge on any atom is -0.456 e. The molecule has 0 fully saturated rings. The minimum absolute atomic E-state index is 0.00297. The van der Waals surface area contributed by atoms with Gasteiger partial charge in [0, 0.05) is 16.6 Å². The van der Waals surface area contributed by atoms with E-state index in [1.807, 2.05) is 12.1 Å². The lowest BCUT2D eigenvalue weighted by Crippen LogP contribution is -2.50. The first-order valence-electron chi connectivity index (χ1n) is 13.8. The highest BCUT2D eigenvalue weighted by Gasteiger charge is 2.29. The molecule has 0 atom stereocenters. The van der Waals surface area contributed by atoms with E-state index in [9.17, 15) is 14.4 Å². The summed E-state index contributed by atoms with van der Waals surface area (Å²) >= 11 is 12.3. The van der Waals surface area contributed by atoms with Crippen LogP contribution in [0.1, 0.15) is 63.2 Å². The molecule has 0 aliphatic carbocycles. The molecule has 0 radical (unpaired) electrons. The number of carbonyl (C=O) groups is 3. The van der Waals surface area contributed by atoms with E-state index in [1.54, 1.807) is 94.6 Å². The molecule has 1 N–H and O–H groups in total. The Morgan fingerprint density at radius 1 is 0.841 bits per heavy atom. The predicted octanol–water partition coefficient (Wildman–Crippen LogP) is 7.93. The van der Waals surface area contributed by atoms with E-state index in [-0.39, 0.29) is 24.7 Å². The number of hydrogen-bond acceptors (Lipinski definition) is 7. The number of carbonyl (C=O) groups excluding carboxylic acids is 3. The monoisotopic (exact) mass is 640 g/mol. The number of nitrogens with zero attached hydrogens (tertiary/aromatic N) is 3. The first-order valence-corrected chi connectivity index (χ1v) is 14.5. The number of anilines is 1. The summed E-state index contributed by atoms with van der Waals surface area (Å²) in [6.45, 7) is 10.5. The molecule has 4 rings (SSSR count). The molecular formula is C32H34Cl2N4O6. The highest BCUT2D eigenvalue weighted by Crippen LogP contribution is 2.26. The van der Waals surface area contributed by atoms with Crippen molar-refractivity contribution in [3.8, 4) is 0 Å². The van der Waals surface area contributed by atoms with Crippen LogP contribution in [0.25, 0.3) is 11.0 Å². The zero-order valence-electron chi connectivity index (χ0n) is 25.3. The van der Waals surface area contributed by atoms with E-state index >= 15 is 0 Å². The van der Waals surface area contributed by atoms with Crippen molar-refractivity contribution >= 4 is 58.2 Å². The molecule has 12 heteroatoms. The Morgan fingerprint density at radius 2 is 1.45 bits per heavy atom. The molecule has 4 aromatic rings. The van der Waals surface area contributed by atoms with Crippen LogP contribution in [0.3, 0.4) is 0 Å². The molecule has 2 heterocycles. The molecule has 0 unspecified atom stereocenters. The summed E-state index contributed by atoms with van der Waals surface area (Å²) in [6, 6.07) is 19.1. The van der Waals surface area contributed by atoms with Crippen LogP contribution in [0, 0.1) is 0 Å². The number of nitrogens with one attached hydrogen (secondary N) is 1. The average molecular weight is 642 g/mol. The van der Waals surface area contributed by atoms with Gasteiger partial charge < -0.3 is 18.8 Å². The molecule has 0 aliphatic heterocycles. The van der Waals surface area contributed by atoms with Gasteiger partial charge in [-0.3, -0.25) is 0 Å². The van der Waals surface area contributed by atoms with Gasteiger partial charge in [0.2, 0.25) is 0 Å². The lowest BCUT2D eigenvalue weighted by molar-refractivity contribution is 0.0424. The molecule has 0 spiro atoms. The maximum atomic E-state index is 13.4. The van der Waals surface area contributed by atoms with E-state index in [4.69, 9.17) is 37.4 Å². The highest BCUT2D eigenvalue weighted by molar-refractivity contribution is 6.30. The van der Waals surface area contributed by atoms with Crippen LogP contribution in [0.2, 0.25) is 10.0 Å². The first-order chi connectivity index (χ1) is 20.6. The van der Waals surface area contributed by atoms with E-state index < -0.39 is 29.4 Å². The van der Waals surface area contributed by atoms with Crippen molar-refractivity contribution in [2.45, 2.75) is 65.9 Å². The van der Waals surface area contributed by atoms with Crippen molar-refractivity contribution in [3.05, 3.63) is 93.6 Å². The second kappa shape index (κ2) is 13.2. The standard InChI is InChI=1S/C32H34Cl2N4O6/c1-31(2,3)43-29(40)36-38(30(41)44-32(4,5)6)27-14-13-25-24(35-27)17-26(37(25)18-20-9-7-11-22(33)15-20)28(39)42-19-21-10-8-12-23(34)16-21/h7-17H,18-19H2,1-6H3,(H,36,40). The molecule has 0 aliphatic rings. The molecule has 2 aromatic heterocycles. The van der Waals surface area contributed by atoms with Crippen molar-refractivity contribution in [3.63, 3.8) is 0 Å². The molecule has 44 heavy (non-hydrogen) atoms. The third-order valence-electron chi connectivity index (χ3n) is 5.85. The largest absolute Gasteiger partial charge is 0.456 e. The summed E-state index contributed by atoms with van der Waals surface area (Å²) in [6.07, 6.45) is -1.76. The van der Waals surface area contributed by atoms with E-state index in [1.165, 1.54) is 6.07 Å². The van der Waals surface area contributed by atoms with Crippen molar-refractivity contribution in [1.29, 1.82) is 0 Å². The SMILES string of the molecule is CC(C)(C)OC(=O)NN(C(=O)OC(C)(C)C)c1ccc2c(cc(C(=O)OCc3cccc(Cl)c3)n2Cc2cccc(Cl)c2)n1. The van der Waals surface area contributed by atoms with Gasteiger partial charge in [0.15, 0.2) is 5.82 Å². The van der Waals surface area contributed by atoms with Crippen molar-refractivity contribution in [1.82, 2.24) is 15.0 Å². The van der Waals surface area contributed by atoms with Gasteiger partial charge in [-0.1, -0.05) is 47.5 Å². The zero-order chi connectivity index (χ0) is 32.2. The molecule has 10 nitrogen and oxygen atoms in total. The van der Waals surface area contributed by atoms with Gasteiger partial charge in [-0.25, -0.2) is 24.8 Å². The Kier molecular flexibility index (Phi) is 9.75. The maximum Gasteiger partial charge on any atom is 0.435 e. The predicted molar refractivity (Wildman–Crippen MR) is 169 cm³/mol. The number of hydrogen-bond donors (Lipinski definition) is 1. The van der Waals surface area contributed by atoms with Crippen molar-refractivity contribution in [2.75, 3.05) is 5.01 Å². The number of amides is 2. The fourth-order valence-corrected chi connectivity index (χ4v) is 4.58. The number of aromatic nitrogens is 2. The summed E-state index contributed by atoms with van der Waals surface area (Å²) in [7, 11) is 0. The number of fused-ring (bicyclic) bond motifs is 1. The van der Waals surface area contributed by atoms with Crippen LogP contribution < -0.4 is 10.4 Å². The zero-order valence-corrected chi connectivity index (χ0v) is 26.8. The second-order valence-corrected chi connectivity index (χ2v) is 12.8. The van der Waals surface area contributed by atoms with Gasteiger partial charge in [-0.2, -0.15) is 5.01 Å². The Balaban J connectivity index is 1.74. The fraction of sp³-hybridized carbons (Fsp3) is 0.312.